The molecule has 2 aromatic heterocycles. The van der Waals surface area contributed by atoms with Crippen molar-refractivity contribution in [2.75, 3.05) is 26.2 Å². The van der Waals surface area contributed by atoms with Gasteiger partial charge < -0.3 is 14.8 Å². The van der Waals surface area contributed by atoms with Crippen molar-refractivity contribution in [1.82, 2.24) is 19.8 Å². The molecule has 0 saturated carbocycles. The molecule has 3 heterocycles. The van der Waals surface area contributed by atoms with E-state index in [0.29, 0.717) is 31.7 Å². The van der Waals surface area contributed by atoms with Crippen LogP contribution < -0.4 is 0 Å². The molecule has 1 N–H and O–H groups in total. The first-order chi connectivity index (χ1) is 12.7. The lowest BCUT2D eigenvalue weighted by Crippen LogP contribution is -2.50. The van der Waals surface area contributed by atoms with Gasteiger partial charge in [0.15, 0.2) is 0 Å². The van der Waals surface area contributed by atoms with Crippen molar-refractivity contribution in [2.45, 2.75) is 0 Å². The highest BCUT2D eigenvalue weighted by Gasteiger charge is 2.24. The number of carbonyl (C=O) groups is 2. The third-order valence-electron chi connectivity index (χ3n) is 4.48. The predicted octanol–water partition coefficient (Wildman–Crippen LogP) is 2.62. The lowest BCUT2D eigenvalue weighted by molar-refractivity contribution is -0.127. The van der Waals surface area contributed by atoms with Gasteiger partial charge in [0.25, 0.3) is 5.91 Å². The van der Waals surface area contributed by atoms with Crippen LogP contribution in [-0.2, 0) is 4.79 Å². The van der Waals surface area contributed by atoms with Crippen molar-refractivity contribution in [3.05, 3.63) is 58.6 Å². The first-order valence-corrected chi connectivity index (χ1v) is 9.31. The van der Waals surface area contributed by atoms with E-state index in [0.717, 1.165) is 15.9 Å². The third kappa shape index (κ3) is 3.39. The number of rotatable bonds is 3. The minimum absolute atomic E-state index is 0.00983. The molecular weight excluding hydrogens is 348 g/mol. The fourth-order valence-corrected chi connectivity index (χ4v) is 3.64. The van der Waals surface area contributed by atoms with Crippen molar-refractivity contribution in [3.63, 3.8) is 0 Å². The molecule has 1 aromatic carbocycles. The number of hydrogen-bond donors (Lipinski definition) is 1. The molecule has 0 radical (unpaired) electrons. The molecule has 7 heteroatoms. The van der Waals surface area contributed by atoms with Crippen molar-refractivity contribution in [3.8, 4) is 0 Å². The number of piperazine rings is 1. The summed E-state index contributed by atoms with van der Waals surface area (Å²) < 4.78 is 0. The van der Waals surface area contributed by atoms with E-state index in [1.807, 2.05) is 35.7 Å². The Morgan fingerprint density at radius 2 is 1.92 bits per heavy atom. The van der Waals surface area contributed by atoms with E-state index in [2.05, 4.69) is 9.97 Å². The maximum absolute atomic E-state index is 12.7. The van der Waals surface area contributed by atoms with Crippen molar-refractivity contribution >= 4 is 40.3 Å². The standard InChI is InChI=1S/C19H18N4O2S/c24-18(6-4-15-2-1-11-26-15)22-7-9-23(10-8-22)19(25)14-3-5-16-17(12-14)21-13-20-16/h1-6,11-13H,7-10H2,(H,20,21)/b6-4+. The summed E-state index contributed by atoms with van der Waals surface area (Å²) in [4.78, 5) is 36.8. The fourth-order valence-electron chi connectivity index (χ4n) is 3.03. The van der Waals surface area contributed by atoms with Gasteiger partial charge in [0, 0.05) is 42.7 Å². The Bertz CT molecular complexity index is 953. The molecule has 4 rings (SSSR count). The quantitative estimate of drug-likeness (QED) is 0.725. The van der Waals surface area contributed by atoms with E-state index in [4.69, 9.17) is 0 Å². The van der Waals surface area contributed by atoms with Crippen LogP contribution in [0.25, 0.3) is 17.1 Å². The van der Waals surface area contributed by atoms with Crippen LogP contribution in [0.1, 0.15) is 15.2 Å². The van der Waals surface area contributed by atoms with Crippen LogP contribution in [0.3, 0.4) is 0 Å². The number of nitrogens with one attached hydrogen (secondary N) is 1. The van der Waals surface area contributed by atoms with Crippen molar-refractivity contribution in [1.29, 1.82) is 0 Å². The average Bonchev–Trinajstić information content (AvgIpc) is 3.36. The molecule has 1 fully saturated rings. The first-order valence-electron chi connectivity index (χ1n) is 8.43. The van der Waals surface area contributed by atoms with Gasteiger partial charge in [-0.1, -0.05) is 6.07 Å². The molecule has 0 unspecified atom stereocenters. The number of amides is 2. The maximum Gasteiger partial charge on any atom is 0.254 e. The monoisotopic (exact) mass is 366 g/mol. The van der Waals surface area contributed by atoms with Gasteiger partial charge in [0.05, 0.1) is 17.4 Å². The number of nitrogens with zero attached hydrogens (tertiary/aromatic N) is 3. The van der Waals surface area contributed by atoms with Gasteiger partial charge in [0.1, 0.15) is 0 Å². The lowest BCUT2D eigenvalue weighted by Gasteiger charge is -2.34. The number of aromatic amines is 1. The number of hydrogen-bond acceptors (Lipinski definition) is 4. The molecule has 26 heavy (non-hydrogen) atoms. The normalized spacial score (nSPS) is 15.1. The van der Waals surface area contributed by atoms with Crippen LogP contribution in [-0.4, -0.2) is 57.8 Å². The Hall–Kier alpha value is -2.93. The van der Waals surface area contributed by atoms with Crippen LogP contribution in [0, 0.1) is 0 Å². The van der Waals surface area contributed by atoms with Gasteiger partial charge in [-0.3, -0.25) is 9.59 Å². The van der Waals surface area contributed by atoms with Gasteiger partial charge in [-0.15, -0.1) is 11.3 Å². The van der Waals surface area contributed by atoms with Crippen LogP contribution in [0.5, 0.6) is 0 Å². The minimum atomic E-state index is -0.0114. The smallest absolute Gasteiger partial charge is 0.254 e. The highest BCUT2D eigenvalue weighted by molar-refractivity contribution is 7.10. The molecule has 132 valence electrons. The van der Waals surface area contributed by atoms with Crippen LogP contribution in [0.4, 0.5) is 0 Å². The maximum atomic E-state index is 12.7. The zero-order chi connectivity index (χ0) is 17.9. The number of benzene rings is 1. The largest absolute Gasteiger partial charge is 0.345 e. The van der Waals surface area contributed by atoms with Gasteiger partial charge in [-0.05, 0) is 35.7 Å². The Balaban J connectivity index is 1.36. The molecule has 6 nitrogen and oxygen atoms in total. The Morgan fingerprint density at radius 1 is 1.12 bits per heavy atom. The SMILES string of the molecule is O=C(/C=C/c1cccs1)N1CCN(C(=O)c2ccc3nc[nH]c3c2)CC1. The molecule has 0 aliphatic carbocycles. The molecule has 1 aliphatic heterocycles. The van der Waals surface area contributed by atoms with Crippen molar-refractivity contribution < 1.29 is 9.59 Å². The van der Waals surface area contributed by atoms with E-state index in [9.17, 15) is 9.59 Å². The molecule has 1 aliphatic rings. The summed E-state index contributed by atoms with van der Waals surface area (Å²) in [5.41, 5.74) is 2.33. The van der Waals surface area contributed by atoms with E-state index in [1.54, 1.807) is 39.6 Å². The number of fused-ring (bicyclic) bond motifs is 1. The van der Waals surface area contributed by atoms with E-state index in [1.165, 1.54) is 0 Å². The molecule has 0 atom stereocenters. The number of thiophene rings is 1. The fraction of sp³-hybridized carbons (Fsp3) is 0.211. The topological polar surface area (TPSA) is 69.3 Å². The molecule has 1 saturated heterocycles. The van der Waals surface area contributed by atoms with Gasteiger partial charge in [0.2, 0.25) is 5.91 Å². The highest BCUT2D eigenvalue weighted by atomic mass is 32.1. The van der Waals surface area contributed by atoms with Crippen molar-refractivity contribution in [2.24, 2.45) is 0 Å². The van der Waals surface area contributed by atoms with Crippen LogP contribution >= 0.6 is 11.3 Å². The molecule has 3 aromatic rings. The summed E-state index contributed by atoms with van der Waals surface area (Å²) in [7, 11) is 0. The first kappa shape index (κ1) is 16.5. The van der Waals surface area contributed by atoms with Crippen LogP contribution in [0.15, 0.2) is 48.1 Å². The Kier molecular flexibility index (Phi) is 4.53. The van der Waals surface area contributed by atoms with Gasteiger partial charge in [-0.2, -0.15) is 0 Å². The lowest BCUT2D eigenvalue weighted by atomic mass is 10.1. The summed E-state index contributed by atoms with van der Waals surface area (Å²) in [6.07, 6.45) is 5.06. The zero-order valence-corrected chi connectivity index (χ0v) is 14.9. The van der Waals surface area contributed by atoms with Gasteiger partial charge >= 0.3 is 0 Å². The second kappa shape index (κ2) is 7.13. The average molecular weight is 366 g/mol. The predicted molar refractivity (Wildman–Crippen MR) is 102 cm³/mol. The van der Waals surface area contributed by atoms with E-state index < -0.39 is 0 Å². The molecule has 2 amide bonds. The van der Waals surface area contributed by atoms with E-state index in [-0.39, 0.29) is 11.8 Å². The number of H-pyrrole nitrogens is 1. The second-order valence-corrected chi connectivity index (χ2v) is 7.08. The Labute approximate surface area is 154 Å². The minimum Gasteiger partial charge on any atom is -0.345 e. The summed E-state index contributed by atoms with van der Waals surface area (Å²) >= 11 is 1.60. The van der Waals surface area contributed by atoms with E-state index >= 15 is 0 Å². The second-order valence-electron chi connectivity index (χ2n) is 6.10. The zero-order valence-electron chi connectivity index (χ0n) is 14.1. The number of imidazole rings is 1. The third-order valence-corrected chi connectivity index (χ3v) is 5.32. The number of aromatic nitrogens is 2. The molecule has 0 spiro atoms. The molecular formula is C19H18N4O2S. The summed E-state index contributed by atoms with van der Waals surface area (Å²) in [5.74, 6) is -0.0212. The van der Waals surface area contributed by atoms with Crippen LogP contribution in [0.2, 0.25) is 0 Å². The summed E-state index contributed by atoms with van der Waals surface area (Å²) in [6.45, 7) is 2.17. The summed E-state index contributed by atoms with van der Waals surface area (Å²) in [6, 6.07) is 9.40. The highest BCUT2D eigenvalue weighted by Crippen LogP contribution is 2.15. The summed E-state index contributed by atoms with van der Waals surface area (Å²) in [5, 5.41) is 1.98. The Morgan fingerprint density at radius 3 is 2.69 bits per heavy atom. The number of carbonyl (C=O) groups excluding carboxylic acids is 2. The van der Waals surface area contributed by atoms with Gasteiger partial charge in [-0.25, -0.2) is 4.98 Å². The molecule has 0 bridgehead atoms.